The summed E-state index contributed by atoms with van der Waals surface area (Å²) in [5.41, 5.74) is 1.73. The fraction of sp³-hybridized carbons (Fsp3) is 0.211. The summed E-state index contributed by atoms with van der Waals surface area (Å²) in [7, 11) is 1.55. The van der Waals surface area contributed by atoms with Gasteiger partial charge >= 0.3 is 0 Å². The Hall–Kier alpha value is -3.66. The molecule has 3 aromatic heterocycles. The van der Waals surface area contributed by atoms with Gasteiger partial charge in [0, 0.05) is 37.9 Å². The summed E-state index contributed by atoms with van der Waals surface area (Å²) in [5.74, 6) is -0.436. The van der Waals surface area contributed by atoms with Gasteiger partial charge < -0.3 is 10.1 Å². The van der Waals surface area contributed by atoms with Crippen LogP contribution >= 0.6 is 11.6 Å². The lowest BCUT2D eigenvalue weighted by Gasteiger charge is -2.19. The van der Waals surface area contributed by atoms with Gasteiger partial charge in [0.05, 0.1) is 16.9 Å². The average molecular weight is 426 g/mol. The number of carbonyl (C=O) groups is 2. The Kier molecular flexibility index (Phi) is 5.23. The van der Waals surface area contributed by atoms with Gasteiger partial charge in [-0.25, -0.2) is 15.0 Å². The Labute approximate surface area is 176 Å². The van der Waals surface area contributed by atoms with Gasteiger partial charge in [-0.15, -0.1) is 0 Å². The number of halogens is 1. The van der Waals surface area contributed by atoms with E-state index in [1.807, 2.05) is 0 Å². The molecule has 1 unspecified atom stereocenters. The van der Waals surface area contributed by atoms with Gasteiger partial charge in [-0.1, -0.05) is 11.6 Å². The second kappa shape index (κ2) is 7.99. The number of anilines is 1. The predicted molar refractivity (Wildman–Crippen MR) is 107 cm³/mol. The van der Waals surface area contributed by atoms with Crippen molar-refractivity contribution in [2.45, 2.75) is 13.0 Å². The predicted octanol–water partition coefficient (Wildman–Crippen LogP) is 1.44. The molecule has 0 aromatic carbocycles. The summed E-state index contributed by atoms with van der Waals surface area (Å²) >= 11 is 5.95. The van der Waals surface area contributed by atoms with Crippen molar-refractivity contribution < 1.29 is 14.3 Å². The van der Waals surface area contributed by atoms with Gasteiger partial charge in [-0.2, -0.15) is 0 Å². The Bertz CT molecular complexity index is 1130. The van der Waals surface area contributed by atoms with E-state index >= 15 is 0 Å². The maximum absolute atomic E-state index is 12.8. The molecule has 0 aliphatic carbocycles. The van der Waals surface area contributed by atoms with Crippen molar-refractivity contribution in [2.24, 2.45) is 0 Å². The van der Waals surface area contributed by atoms with Crippen LogP contribution in [0.2, 0.25) is 5.02 Å². The van der Waals surface area contributed by atoms with Crippen LogP contribution in [-0.4, -0.2) is 56.4 Å². The van der Waals surface area contributed by atoms with Crippen molar-refractivity contribution in [3.63, 3.8) is 0 Å². The third-order valence-corrected chi connectivity index (χ3v) is 4.64. The first kappa shape index (κ1) is 19.6. The van der Waals surface area contributed by atoms with Crippen molar-refractivity contribution in [3.05, 3.63) is 53.5 Å². The monoisotopic (exact) mass is 425 g/mol. The number of ether oxygens (including phenoxy) is 1. The van der Waals surface area contributed by atoms with E-state index in [9.17, 15) is 9.59 Å². The number of hydrogen-bond donors (Lipinski definition) is 1. The number of aromatic nitrogens is 5. The third kappa shape index (κ3) is 3.77. The zero-order chi connectivity index (χ0) is 21.3. The quantitative estimate of drug-likeness (QED) is 0.668. The summed E-state index contributed by atoms with van der Waals surface area (Å²) in [5, 5.41) is 3.00. The van der Waals surface area contributed by atoms with E-state index in [2.05, 4.69) is 30.2 Å². The van der Waals surface area contributed by atoms with Gasteiger partial charge in [-0.3, -0.25) is 24.5 Å². The molecule has 1 aliphatic rings. The highest BCUT2D eigenvalue weighted by molar-refractivity contribution is 6.30. The van der Waals surface area contributed by atoms with Crippen molar-refractivity contribution in [3.8, 4) is 17.1 Å². The molecule has 4 rings (SSSR count). The van der Waals surface area contributed by atoms with Gasteiger partial charge in [0.15, 0.2) is 11.6 Å². The highest BCUT2D eigenvalue weighted by Gasteiger charge is 2.32. The molecular formula is C19H16ClN7O3. The van der Waals surface area contributed by atoms with Crippen molar-refractivity contribution in [1.29, 1.82) is 0 Å². The van der Waals surface area contributed by atoms with Crippen LogP contribution in [-0.2, 0) is 4.79 Å². The van der Waals surface area contributed by atoms with E-state index in [4.69, 9.17) is 16.3 Å². The maximum Gasteiger partial charge on any atom is 0.289 e. The molecule has 4 heterocycles. The van der Waals surface area contributed by atoms with Crippen LogP contribution in [0.1, 0.15) is 16.2 Å². The van der Waals surface area contributed by atoms with Gasteiger partial charge in [0.25, 0.3) is 11.8 Å². The van der Waals surface area contributed by atoms with Crippen molar-refractivity contribution in [2.75, 3.05) is 18.6 Å². The van der Waals surface area contributed by atoms with E-state index in [1.54, 1.807) is 32.4 Å². The van der Waals surface area contributed by atoms with Crippen LogP contribution in [0.5, 0.6) is 5.75 Å². The van der Waals surface area contributed by atoms with Crippen LogP contribution < -0.4 is 15.0 Å². The number of aryl methyl sites for hydroxylation is 1. The minimum absolute atomic E-state index is 0.0905. The summed E-state index contributed by atoms with van der Waals surface area (Å²) < 4.78 is 5.65. The molecule has 1 atom stereocenters. The van der Waals surface area contributed by atoms with E-state index in [-0.39, 0.29) is 12.4 Å². The largest absolute Gasteiger partial charge is 0.487 e. The van der Waals surface area contributed by atoms with Crippen LogP contribution in [0.3, 0.4) is 0 Å². The molecule has 3 aromatic rings. The molecule has 10 nitrogen and oxygen atoms in total. The number of likely N-dealkylation sites (N-methyl/N-ethyl adjacent to an activating group) is 1. The molecule has 11 heteroatoms. The Balaban J connectivity index is 1.57. The second-order valence-electron chi connectivity index (χ2n) is 6.53. The minimum Gasteiger partial charge on any atom is -0.487 e. The number of amides is 2. The molecule has 0 spiro atoms. The topological polar surface area (TPSA) is 123 Å². The molecule has 30 heavy (non-hydrogen) atoms. The molecule has 1 aliphatic heterocycles. The van der Waals surface area contributed by atoms with E-state index in [0.717, 1.165) is 5.56 Å². The lowest BCUT2D eigenvalue weighted by molar-refractivity contribution is -0.120. The van der Waals surface area contributed by atoms with Gasteiger partial charge in [-0.05, 0) is 12.5 Å². The summed E-state index contributed by atoms with van der Waals surface area (Å²) in [4.78, 5) is 47.6. The summed E-state index contributed by atoms with van der Waals surface area (Å²) in [6, 6.07) is 0.606. The molecule has 1 N–H and O–H groups in total. The van der Waals surface area contributed by atoms with Crippen molar-refractivity contribution in [1.82, 2.24) is 30.2 Å². The van der Waals surface area contributed by atoms with E-state index in [1.165, 1.54) is 23.5 Å². The smallest absolute Gasteiger partial charge is 0.289 e. The number of rotatable bonds is 3. The average Bonchev–Trinajstić information content (AvgIpc) is 2.86. The first-order chi connectivity index (χ1) is 14.4. The lowest BCUT2D eigenvalue weighted by atomic mass is 10.2. The highest BCUT2D eigenvalue weighted by atomic mass is 35.5. The standard InChI is InChI=1S/C19H16ClN7O3/c1-10-6-23-16(26-15(10)12-8-21-3-4-22-12)18(28)25-13-9-30-14-5-11(20)7-24-17(14)27(2)19(13)29/h3-8,13H,9H2,1-2H3,(H,25,28). The molecule has 0 saturated heterocycles. The molecule has 152 valence electrons. The first-order valence-corrected chi connectivity index (χ1v) is 9.28. The van der Waals surface area contributed by atoms with Crippen molar-refractivity contribution >= 4 is 29.2 Å². The maximum atomic E-state index is 12.8. The highest BCUT2D eigenvalue weighted by Crippen LogP contribution is 2.30. The Morgan fingerprint density at radius 1 is 1.23 bits per heavy atom. The van der Waals surface area contributed by atoms with Crippen LogP contribution in [0.25, 0.3) is 11.4 Å². The molecular weight excluding hydrogens is 410 g/mol. The van der Waals surface area contributed by atoms with E-state index in [0.29, 0.717) is 28.0 Å². The molecule has 2 amide bonds. The number of hydrogen-bond acceptors (Lipinski definition) is 8. The third-order valence-electron chi connectivity index (χ3n) is 4.44. The summed E-state index contributed by atoms with van der Waals surface area (Å²) in [6.45, 7) is 1.71. The molecule has 0 bridgehead atoms. The molecule has 0 saturated carbocycles. The SMILES string of the molecule is Cc1cnc(C(=O)NC2COc3cc(Cl)cnc3N(C)C2=O)nc1-c1cnccn1. The summed E-state index contributed by atoms with van der Waals surface area (Å²) in [6.07, 6.45) is 7.56. The lowest BCUT2D eigenvalue weighted by Crippen LogP contribution is -2.49. The van der Waals surface area contributed by atoms with Gasteiger partial charge in [0.1, 0.15) is 18.3 Å². The zero-order valence-corrected chi connectivity index (χ0v) is 16.8. The van der Waals surface area contributed by atoms with Crippen LogP contribution in [0, 0.1) is 6.92 Å². The number of fused-ring (bicyclic) bond motifs is 1. The van der Waals surface area contributed by atoms with E-state index < -0.39 is 17.9 Å². The van der Waals surface area contributed by atoms with Gasteiger partial charge in [0.2, 0.25) is 5.82 Å². The first-order valence-electron chi connectivity index (χ1n) is 8.91. The Morgan fingerprint density at radius 2 is 2.07 bits per heavy atom. The Morgan fingerprint density at radius 3 is 2.83 bits per heavy atom. The number of nitrogens with zero attached hydrogens (tertiary/aromatic N) is 6. The zero-order valence-electron chi connectivity index (χ0n) is 16.0. The minimum atomic E-state index is -0.958. The fourth-order valence-electron chi connectivity index (χ4n) is 2.91. The normalized spacial score (nSPS) is 15.8. The number of pyridine rings is 1. The number of carbonyl (C=O) groups excluding carboxylic acids is 2. The second-order valence-corrected chi connectivity index (χ2v) is 6.96. The molecule has 0 radical (unpaired) electrons. The fourth-order valence-corrected chi connectivity index (χ4v) is 3.06. The molecule has 0 fully saturated rings. The van der Waals surface area contributed by atoms with Crippen LogP contribution in [0.4, 0.5) is 5.82 Å². The van der Waals surface area contributed by atoms with Crippen LogP contribution in [0.15, 0.2) is 37.1 Å². The number of nitrogens with one attached hydrogen (secondary N) is 1.